The zero-order chi connectivity index (χ0) is 14.7. The van der Waals surface area contributed by atoms with Crippen molar-refractivity contribution in [2.45, 2.75) is 0 Å². The summed E-state index contributed by atoms with van der Waals surface area (Å²) < 4.78 is 0.748. The van der Waals surface area contributed by atoms with Crippen LogP contribution >= 0.6 is 39.1 Å². The molecule has 0 radical (unpaired) electrons. The lowest BCUT2D eigenvalue weighted by molar-refractivity contribution is 0.102. The van der Waals surface area contributed by atoms with Gasteiger partial charge in [-0.1, -0.05) is 39.1 Å². The van der Waals surface area contributed by atoms with E-state index in [4.69, 9.17) is 28.5 Å². The molecule has 0 aliphatic carbocycles. The third-order valence-corrected chi connectivity index (χ3v) is 3.65. The van der Waals surface area contributed by atoms with Gasteiger partial charge in [0.1, 0.15) is 0 Å². The van der Waals surface area contributed by atoms with E-state index in [0.29, 0.717) is 26.9 Å². The Hall–Kier alpha value is -1.54. The molecule has 0 fully saturated rings. The second-order valence-electron chi connectivity index (χ2n) is 3.88. The van der Waals surface area contributed by atoms with Gasteiger partial charge in [0, 0.05) is 4.47 Å². The summed E-state index contributed by atoms with van der Waals surface area (Å²) in [4.78, 5) is 12.2. The summed E-state index contributed by atoms with van der Waals surface area (Å²) in [5.74, 6) is -0.372. The molecule has 0 saturated carbocycles. The van der Waals surface area contributed by atoms with E-state index in [9.17, 15) is 4.79 Å². The molecule has 3 nitrogen and oxygen atoms in total. The molecule has 0 heterocycles. The lowest BCUT2D eigenvalue weighted by Crippen LogP contribution is -2.12. The summed E-state index contributed by atoms with van der Waals surface area (Å²) in [5.41, 5.74) is 1.18. The minimum absolute atomic E-state index is 0.295. The standard InChI is InChI=1S/C14H7BrCl2N2O/c15-9-2-3-11(16)10(6-9)14(20)19-13-4-1-8(7-18)5-12(13)17/h1-6H,(H,19,20). The van der Waals surface area contributed by atoms with Crippen molar-refractivity contribution in [1.29, 1.82) is 5.26 Å². The average Bonchev–Trinajstić information content (AvgIpc) is 2.43. The van der Waals surface area contributed by atoms with E-state index < -0.39 is 0 Å². The van der Waals surface area contributed by atoms with E-state index in [-0.39, 0.29) is 5.91 Å². The largest absolute Gasteiger partial charge is 0.321 e. The Balaban J connectivity index is 2.28. The van der Waals surface area contributed by atoms with Crippen molar-refractivity contribution in [2.24, 2.45) is 0 Å². The van der Waals surface area contributed by atoms with Crippen LogP contribution in [0.2, 0.25) is 10.0 Å². The first-order chi connectivity index (χ1) is 9.51. The molecule has 0 bridgehead atoms. The summed E-state index contributed by atoms with van der Waals surface area (Å²) in [6.07, 6.45) is 0. The van der Waals surface area contributed by atoms with E-state index in [1.54, 1.807) is 30.3 Å². The highest BCUT2D eigenvalue weighted by molar-refractivity contribution is 9.10. The predicted molar refractivity (Wildman–Crippen MR) is 83.3 cm³/mol. The number of carbonyl (C=O) groups excluding carboxylic acids is 1. The quantitative estimate of drug-likeness (QED) is 0.820. The molecule has 0 aliphatic heterocycles. The van der Waals surface area contributed by atoms with Gasteiger partial charge in [-0.05, 0) is 36.4 Å². The van der Waals surface area contributed by atoms with Gasteiger partial charge in [0.15, 0.2) is 0 Å². The van der Waals surface area contributed by atoms with Gasteiger partial charge in [-0.25, -0.2) is 0 Å². The molecule has 0 saturated heterocycles. The van der Waals surface area contributed by atoms with Crippen LogP contribution in [0.5, 0.6) is 0 Å². The summed E-state index contributed by atoms with van der Waals surface area (Å²) in [6.45, 7) is 0. The molecule has 1 amide bonds. The first-order valence-electron chi connectivity index (χ1n) is 5.47. The molecule has 2 aromatic carbocycles. The molecule has 6 heteroatoms. The second kappa shape index (κ2) is 6.27. The fraction of sp³-hybridized carbons (Fsp3) is 0. The van der Waals surface area contributed by atoms with E-state index in [2.05, 4.69) is 21.2 Å². The molecule has 0 aromatic heterocycles. The number of hydrogen-bond acceptors (Lipinski definition) is 2. The molecule has 0 unspecified atom stereocenters. The lowest BCUT2D eigenvalue weighted by Gasteiger charge is -2.09. The van der Waals surface area contributed by atoms with E-state index >= 15 is 0 Å². The smallest absolute Gasteiger partial charge is 0.257 e. The first kappa shape index (κ1) is 14.9. The van der Waals surface area contributed by atoms with Gasteiger partial charge in [-0.15, -0.1) is 0 Å². The van der Waals surface area contributed by atoms with Crippen LogP contribution in [-0.4, -0.2) is 5.91 Å². The zero-order valence-corrected chi connectivity index (χ0v) is 13.1. The highest BCUT2D eigenvalue weighted by atomic mass is 79.9. The number of nitrogens with zero attached hydrogens (tertiary/aromatic N) is 1. The molecule has 0 atom stereocenters. The number of nitriles is 1. The maximum Gasteiger partial charge on any atom is 0.257 e. The van der Waals surface area contributed by atoms with Crippen LogP contribution < -0.4 is 5.32 Å². The number of halogens is 3. The minimum Gasteiger partial charge on any atom is -0.321 e. The predicted octanol–water partition coefficient (Wildman–Crippen LogP) is 4.88. The molecule has 2 aromatic rings. The molecule has 100 valence electrons. The van der Waals surface area contributed by atoms with Gasteiger partial charge in [0.05, 0.1) is 32.9 Å². The second-order valence-corrected chi connectivity index (χ2v) is 5.61. The van der Waals surface area contributed by atoms with Gasteiger partial charge in [-0.3, -0.25) is 4.79 Å². The first-order valence-corrected chi connectivity index (χ1v) is 7.02. The summed E-state index contributed by atoms with van der Waals surface area (Å²) in [5, 5.41) is 12.1. The van der Waals surface area contributed by atoms with Crippen LogP contribution in [0.3, 0.4) is 0 Å². The molecule has 20 heavy (non-hydrogen) atoms. The van der Waals surface area contributed by atoms with Crippen LogP contribution in [0.4, 0.5) is 5.69 Å². The fourth-order valence-electron chi connectivity index (χ4n) is 1.55. The van der Waals surface area contributed by atoms with E-state index in [1.165, 1.54) is 6.07 Å². The summed E-state index contributed by atoms with van der Waals surface area (Å²) in [6, 6.07) is 11.6. The van der Waals surface area contributed by atoms with Gasteiger partial charge in [0.2, 0.25) is 0 Å². The number of carbonyl (C=O) groups is 1. The van der Waals surface area contributed by atoms with Gasteiger partial charge in [-0.2, -0.15) is 5.26 Å². The highest BCUT2D eigenvalue weighted by Gasteiger charge is 2.13. The number of benzene rings is 2. The molecular weight excluding hydrogens is 363 g/mol. The Morgan fingerprint density at radius 3 is 2.55 bits per heavy atom. The maximum absolute atomic E-state index is 12.2. The van der Waals surface area contributed by atoms with E-state index in [1.807, 2.05) is 6.07 Å². The van der Waals surface area contributed by atoms with Gasteiger partial charge >= 0.3 is 0 Å². The van der Waals surface area contributed by atoms with Crippen LogP contribution in [-0.2, 0) is 0 Å². The lowest BCUT2D eigenvalue weighted by atomic mass is 10.2. The van der Waals surface area contributed by atoms with Crippen molar-refractivity contribution in [3.8, 4) is 6.07 Å². The van der Waals surface area contributed by atoms with Crippen LogP contribution in [0.25, 0.3) is 0 Å². The van der Waals surface area contributed by atoms with E-state index in [0.717, 1.165) is 4.47 Å². The Morgan fingerprint density at radius 1 is 1.15 bits per heavy atom. The van der Waals surface area contributed by atoms with Crippen molar-refractivity contribution in [3.05, 3.63) is 62.0 Å². The van der Waals surface area contributed by atoms with Crippen LogP contribution in [0, 0.1) is 11.3 Å². The van der Waals surface area contributed by atoms with Crippen molar-refractivity contribution in [2.75, 3.05) is 5.32 Å². The molecule has 0 aliphatic rings. The summed E-state index contributed by atoms with van der Waals surface area (Å²) in [7, 11) is 0. The number of hydrogen-bond donors (Lipinski definition) is 1. The third kappa shape index (κ3) is 3.31. The Morgan fingerprint density at radius 2 is 1.90 bits per heavy atom. The molecule has 0 spiro atoms. The SMILES string of the molecule is N#Cc1ccc(NC(=O)c2cc(Br)ccc2Cl)c(Cl)c1. The summed E-state index contributed by atoms with van der Waals surface area (Å²) >= 11 is 15.3. The molecular formula is C14H7BrCl2N2O. The fourth-order valence-corrected chi connectivity index (χ4v) is 2.34. The van der Waals surface area contributed by atoms with Crippen molar-refractivity contribution < 1.29 is 4.79 Å². The maximum atomic E-state index is 12.2. The topological polar surface area (TPSA) is 52.9 Å². The van der Waals surface area contributed by atoms with Gasteiger partial charge in [0.25, 0.3) is 5.91 Å². The average molecular weight is 370 g/mol. The number of anilines is 1. The number of amides is 1. The number of rotatable bonds is 2. The van der Waals surface area contributed by atoms with Gasteiger partial charge < -0.3 is 5.32 Å². The third-order valence-electron chi connectivity index (χ3n) is 2.52. The number of nitrogens with one attached hydrogen (secondary N) is 1. The van der Waals surface area contributed by atoms with Crippen LogP contribution in [0.1, 0.15) is 15.9 Å². The van der Waals surface area contributed by atoms with Crippen molar-refractivity contribution in [1.82, 2.24) is 0 Å². The van der Waals surface area contributed by atoms with Crippen molar-refractivity contribution >= 4 is 50.7 Å². The molecule has 1 N–H and O–H groups in total. The zero-order valence-electron chi connectivity index (χ0n) is 9.95. The Labute approximate surface area is 134 Å². The highest BCUT2D eigenvalue weighted by Crippen LogP contribution is 2.26. The minimum atomic E-state index is -0.372. The molecule has 2 rings (SSSR count). The van der Waals surface area contributed by atoms with Crippen LogP contribution in [0.15, 0.2) is 40.9 Å². The monoisotopic (exact) mass is 368 g/mol. The normalized spacial score (nSPS) is 9.90. The van der Waals surface area contributed by atoms with Crippen molar-refractivity contribution in [3.63, 3.8) is 0 Å². The Bertz CT molecular complexity index is 726. The Kier molecular flexibility index (Phi) is 4.66.